The monoisotopic (exact) mass is 422 g/mol. The van der Waals surface area contributed by atoms with Crippen molar-refractivity contribution in [3.05, 3.63) is 69.8 Å². The van der Waals surface area contributed by atoms with Crippen LogP contribution in [0, 0.1) is 0 Å². The van der Waals surface area contributed by atoms with Crippen LogP contribution in [0.3, 0.4) is 0 Å². The molecule has 0 spiro atoms. The summed E-state index contributed by atoms with van der Waals surface area (Å²) in [6, 6.07) is 6.57. The lowest BCUT2D eigenvalue weighted by Gasteiger charge is -2.27. The summed E-state index contributed by atoms with van der Waals surface area (Å²) in [7, 11) is 1.68. The van der Waals surface area contributed by atoms with Gasteiger partial charge in [-0.15, -0.1) is 0 Å². The average molecular weight is 423 g/mol. The fourth-order valence-electron chi connectivity index (χ4n) is 3.77. The predicted octanol–water partition coefficient (Wildman–Crippen LogP) is 5.83. The lowest BCUT2D eigenvalue weighted by molar-refractivity contribution is 0.0844. The second kappa shape index (κ2) is 9.29. The molecule has 0 unspecified atom stereocenters. The zero-order chi connectivity index (χ0) is 22.7. The van der Waals surface area contributed by atoms with E-state index in [4.69, 9.17) is 9.47 Å². The molecule has 1 heterocycles. The summed E-state index contributed by atoms with van der Waals surface area (Å²) < 4.78 is 11.8. The first-order chi connectivity index (χ1) is 14.7. The molecule has 0 radical (unpaired) electrons. The van der Waals surface area contributed by atoms with Crippen molar-refractivity contribution < 1.29 is 24.5 Å². The van der Waals surface area contributed by atoms with Crippen LogP contribution < -0.4 is 9.47 Å². The maximum atomic E-state index is 12.8. The lowest BCUT2D eigenvalue weighted by Crippen LogP contribution is -2.21. The second-order valence-electron chi connectivity index (χ2n) is 8.42. The van der Waals surface area contributed by atoms with E-state index in [9.17, 15) is 15.0 Å². The van der Waals surface area contributed by atoms with Crippen LogP contribution >= 0.6 is 0 Å². The van der Waals surface area contributed by atoms with E-state index in [1.807, 2.05) is 12.1 Å². The highest BCUT2D eigenvalue weighted by Gasteiger charge is 2.31. The minimum atomic E-state index is -0.511. The van der Waals surface area contributed by atoms with Gasteiger partial charge in [-0.1, -0.05) is 23.3 Å². The molecule has 0 bridgehead atoms. The van der Waals surface area contributed by atoms with Crippen molar-refractivity contribution in [1.82, 2.24) is 0 Å². The van der Waals surface area contributed by atoms with E-state index in [0.717, 1.165) is 28.5 Å². The molecular weight excluding hydrogens is 392 g/mol. The Kier molecular flexibility index (Phi) is 6.74. The highest BCUT2D eigenvalue weighted by atomic mass is 16.5. The molecule has 1 atom stereocenters. The van der Waals surface area contributed by atoms with Gasteiger partial charge >= 0.3 is 0 Å². The number of phenols is 2. The number of carbonyl (C=O) groups excluding carboxylic acids is 1. The van der Waals surface area contributed by atoms with Crippen molar-refractivity contribution in [2.75, 3.05) is 7.11 Å². The van der Waals surface area contributed by atoms with Gasteiger partial charge in [-0.2, -0.15) is 0 Å². The number of aromatic hydroxyl groups is 2. The topological polar surface area (TPSA) is 76.0 Å². The van der Waals surface area contributed by atoms with Gasteiger partial charge in [0.25, 0.3) is 0 Å². The van der Waals surface area contributed by atoms with Crippen LogP contribution in [-0.2, 0) is 12.8 Å². The van der Waals surface area contributed by atoms with Crippen LogP contribution in [0.2, 0.25) is 0 Å². The van der Waals surface area contributed by atoms with Gasteiger partial charge in [0.05, 0.1) is 13.5 Å². The second-order valence-corrected chi connectivity index (χ2v) is 8.42. The molecule has 164 valence electrons. The van der Waals surface area contributed by atoms with E-state index < -0.39 is 6.10 Å². The molecule has 2 aromatic rings. The number of phenolic OH excluding ortho intramolecular Hbond substituents is 2. The Morgan fingerprint density at radius 1 is 1.03 bits per heavy atom. The largest absolute Gasteiger partial charge is 0.508 e. The molecule has 5 heteroatoms. The quantitative estimate of drug-likeness (QED) is 0.573. The molecule has 0 fully saturated rings. The van der Waals surface area contributed by atoms with Gasteiger partial charge in [-0.3, -0.25) is 4.79 Å². The number of methoxy groups -OCH3 is 1. The summed E-state index contributed by atoms with van der Waals surface area (Å²) in [6.45, 7) is 8.22. The van der Waals surface area contributed by atoms with Gasteiger partial charge in [0, 0.05) is 12.1 Å². The minimum Gasteiger partial charge on any atom is -0.508 e. The lowest BCUT2D eigenvalue weighted by atomic mass is 9.91. The van der Waals surface area contributed by atoms with Gasteiger partial charge in [0.15, 0.2) is 5.78 Å². The Bertz CT molecular complexity index is 1010. The van der Waals surface area contributed by atoms with Crippen molar-refractivity contribution in [2.45, 2.75) is 53.1 Å². The molecular formula is C26H30O5. The van der Waals surface area contributed by atoms with E-state index in [1.165, 1.54) is 17.2 Å². The Hall–Kier alpha value is -3.21. The first-order valence-corrected chi connectivity index (χ1v) is 10.4. The highest BCUT2D eigenvalue weighted by Crippen LogP contribution is 2.42. The zero-order valence-electron chi connectivity index (χ0n) is 18.8. The number of hydrogen-bond donors (Lipinski definition) is 2. The van der Waals surface area contributed by atoms with Crippen molar-refractivity contribution in [1.29, 1.82) is 0 Å². The van der Waals surface area contributed by atoms with E-state index in [-0.39, 0.29) is 35.0 Å². The summed E-state index contributed by atoms with van der Waals surface area (Å²) in [6.07, 6.45) is 5.31. The molecule has 3 rings (SSSR count). The number of rotatable bonds is 6. The van der Waals surface area contributed by atoms with E-state index in [0.29, 0.717) is 12.8 Å². The van der Waals surface area contributed by atoms with Crippen LogP contribution in [0.15, 0.2) is 47.6 Å². The average Bonchev–Trinajstić information content (AvgIpc) is 2.69. The Morgan fingerprint density at radius 3 is 2.13 bits per heavy atom. The summed E-state index contributed by atoms with van der Waals surface area (Å²) >= 11 is 0. The first-order valence-electron chi connectivity index (χ1n) is 10.4. The molecule has 1 aliphatic rings. The smallest absolute Gasteiger partial charge is 0.174 e. The van der Waals surface area contributed by atoms with Crippen LogP contribution in [0.5, 0.6) is 23.0 Å². The standard InChI is InChI=1S/C26H30O5/c1-15(2)6-8-17-10-19(11-18(26(17)30-5)9-7-16(3)4)23-14-22(29)25-21(28)12-20(27)13-24(25)31-23/h6-7,10-13,23,27-28H,8-9,14H2,1-5H3/t23-/m1/s1. The van der Waals surface area contributed by atoms with Crippen molar-refractivity contribution >= 4 is 5.78 Å². The summed E-state index contributed by atoms with van der Waals surface area (Å²) in [5, 5.41) is 19.9. The molecule has 1 aliphatic heterocycles. The number of hydrogen-bond acceptors (Lipinski definition) is 5. The SMILES string of the molecule is COc1c(CC=C(C)C)cc([C@H]2CC(=O)c3c(O)cc(O)cc3O2)cc1CC=C(C)C. The number of fused-ring (bicyclic) bond motifs is 1. The van der Waals surface area contributed by atoms with Gasteiger partial charge < -0.3 is 19.7 Å². The number of Topliss-reactive ketones (excluding diaryl/α,β-unsaturated/α-hetero) is 1. The normalized spacial score (nSPS) is 15.0. The van der Waals surface area contributed by atoms with Gasteiger partial charge in [0.1, 0.15) is 34.7 Å². The van der Waals surface area contributed by atoms with Crippen LogP contribution in [0.4, 0.5) is 0 Å². The summed E-state index contributed by atoms with van der Waals surface area (Å²) in [5.74, 6) is 0.425. The number of allylic oxidation sites excluding steroid dienone is 4. The first kappa shape index (κ1) is 22.5. The maximum absolute atomic E-state index is 12.8. The molecule has 0 amide bonds. The summed E-state index contributed by atoms with van der Waals surface area (Å²) in [5.41, 5.74) is 5.47. The van der Waals surface area contributed by atoms with E-state index in [2.05, 4.69) is 39.8 Å². The number of benzene rings is 2. The molecule has 5 nitrogen and oxygen atoms in total. The third-order valence-corrected chi connectivity index (χ3v) is 5.29. The van der Waals surface area contributed by atoms with Crippen LogP contribution in [0.25, 0.3) is 0 Å². The van der Waals surface area contributed by atoms with Crippen molar-refractivity contribution in [2.24, 2.45) is 0 Å². The molecule has 31 heavy (non-hydrogen) atoms. The van der Waals surface area contributed by atoms with E-state index in [1.54, 1.807) is 7.11 Å². The summed E-state index contributed by atoms with van der Waals surface area (Å²) in [4.78, 5) is 12.8. The Labute approximate surface area is 183 Å². The maximum Gasteiger partial charge on any atom is 0.174 e. The number of carbonyl (C=O) groups is 1. The number of ketones is 1. The fraction of sp³-hybridized carbons (Fsp3) is 0.346. The molecule has 2 aromatic carbocycles. The Morgan fingerprint density at radius 2 is 1.61 bits per heavy atom. The molecule has 0 aliphatic carbocycles. The predicted molar refractivity (Wildman–Crippen MR) is 121 cm³/mol. The Balaban J connectivity index is 2.08. The molecule has 0 saturated heterocycles. The highest BCUT2D eigenvalue weighted by molar-refractivity contribution is 6.02. The third-order valence-electron chi connectivity index (χ3n) is 5.29. The van der Waals surface area contributed by atoms with Gasteiger partial charge in [-0.05, 0) is 69.4 Å². The van der Waals surface area contributed by atoms with Crippen molar-refractivity contribution in [3.8, 4) is 23.0 Å². The van der Waals surface area contributed by atoms with Crippen molar-refractivity contribution in [3.63, 3.8) is 0 Å². The molecule has 0 aromatic heterocycles. The van der Waals surface area contributed by atoms with Crippen LogP contribution in [-0.4, -0.2) is 23.1 Å². The van der Waals surface area contributed by atoms with Gasteiger partial charge in [0.2, 0.25) is 0 Å². The third kappa shape index (κ3) is 5.10. The van der Waals surface area contributed by atoms with Crippen LogP contribution in [0.1, 0.15) is 67.3 Å². The van der Waals surface area contributed by atoms with Gasteiger partial charge in [-0.25, -0.2) is 0 Å². The molecule has 2 N–H and O–H groups in total. The fourth-order valence-corrected chi connectivity index (χ4v) is 3.77. The zero-order valence-corrected chi connectivity index (χ0v) is 18.8. The number of ether oxygens (including phenoxy) is 2. The van der Waals surface area contributed by atoms with E-state index >= 15 is 0 Å². The molecule has 0 saturated carbocycles. The minimum absolute atomic E-state index is 0.113.